The number of methoxy groups -OCH3 is 2. The van der Waals surface area contributed by atoms with Crippen molar-refractivity contribution in [3.8, 4) is 5.75 Å². The van der Waals surface area contributed by atoms with Gasteiger partial charge in [-0.25, -0.2) is 13.1 Å². The molecule has 32 heavy (non-hydrogen) atoms. The van der Waals surface area contributed by atoms with Crippen molar-refractivity contribution in [3.63, 3.8) is 0 Å². The van der Waals surface area contributed by atoms with Gasteiger partial charge in [-0.05, 0) is 67.9 Å². The van der Waals surface area contributed by atoms with Gasteiger partial charge in [-0.2, -0.15) is 0 Å². The van der Waals surface area contributed by atoms with Crippen LogP contribution in [0.4, 0.5) is 0 Å². The van der Waals surface area contributed by atoms with Crippen LogP contribution in [0.5, 0.6) is 5.75 Å². The van der Waals surface area contributed by atoms with Gasteiger partial charge in [0.1, 0.15) is 5.75 Å². The maximum Gasteiger partial charge on any atom is 0.251 e. The van der Waals surface area contributed by atoms with Crippen LogP contribution >= 0.6 is 0 Å². The van der Waals surface area contributed by atoms with Gasteiger partial charge in [0.05, 0.1) is 24.7 Å². The van der Waals surface area contributed by atoms with Gasteiger partial charge in [-0.15, -0.1) is 0 Å². The van der Waals surface area contributed by atoms with Crippen LogP contribution < -0.4 is 14.8 Å². The maximum atomic E-state index is 12.7. The summed E-state index contributed by atoms with van der Waals surface area (Å²) >= 11 is 0. The summed E-state index contributed by atoms with van der Waals surface area (Å²) in [6.07, 6.45) is 2.30. The van der Waals surface area contributed by atoms with Crippen LogP contribution in [0.3, 0.4) is 0 Å². The first-order valence-electron chi connectivity index (χ1n) is 10.7. The Morgan fingerprint density at radius 1 is 1.03 bits per heavy atom. The first kappa shape index (κ1) is 24.2. The monoisotopic (exact) mass is 461 g/mol. The molecule has 174 valence electrons. The van der Waals surface area contributed by atoms with E-state index in [-0.39, 0.29) is 30.0 Å². The number of carbonyl (C=O) groups is 1. The predicted octanol–water partition coefficient (Wildman–Crippen LogP) is 2.19. The Balaban J connectivity index is 1.65. The third kappa shape index (κ3) is 6.29. The summed E-state index contributed by atoms with van der Waals surface area (Å²) in [6, 6.07) is 13.9. The van der Waals surface area contributed by atoms with Gasteiger partial charge in [-0.1, -0.05) is 12.1 Å². The first-order chi connectivity index (χ1) is 15.4. The standard InChI is InChI=1S/C23H31N3O5S/c1-30-16-13-25-32(28,29)21-11-7-19(8-12-21)23(27)24-17-22(26-14-3-4-15-26)18-5-9-20(31-2)10-6-18/h5-12,22,25H,3-4,13-17H2,1-2H3,(H,24,27). The van der Waals surface area contributed by atoms with E-state index in [2.05, 4.69) is 14.9 Å². The summed E-state index contributed by atoms with van der Waals surface area (Å²) in [5.41, 5.74) is 1.53. The minimum atomic E-state index is -3.63. The number of sulfonamides is 1. The second-order valence-electron chi connectivity index (χ2n) is 7.66. The third-order valence-corrected chi connectivity index (χ3v) is 7.04. The summed E-state index contributed by atoms with van der Waals surface area (Å²) in [4.78, 5) is 15.2. The SMILES string of the molecule is COCCNS(=O)(=O)c1ccc(C(=O)NCC(c2ccc(OC)cc2)N2CCCC2)cc1. The van der Waals surface area contributed by atoms with E-state index >= 15 is 0 Å². The molecule has 1 amide bonds. The van der Waals surface area contributed by atoms with Crippen molar-refractivity contribution in [1.29, 1.82) is 0 Å². The Bertz CT molecular complexity index is 972. The lowest BCUT2D eigenvalue weighted by Crippen LogP contribution is -2.36. The number of rotatable bonds is 11. The zero-order valence-corrected chi connectivity index (χ0v) is 19.4. The molecule has 1 unspecified atom stereocenters. The average molecular weight is 462 g/mol. The van der Waals surface area contributed by atoms with Crippen LogP contribution in [-0.2, 0) is 14.8 Å². The molecule has 0 aliphatic carbocycles. The van der Waals surface area contributed by atoms with Gasteiger partial charge in [0, 0.05) is 25.8 Å². The molecule has 8 nitrogen and oxygen atoms in total. The molecule has 0 saturated carbocycles. The van der Waals surface area contributed by atoms with E-state index < -0.39 is 10.0 Å². The maximum absolute atomic E-state index is 12.7. The summed E-state index contributed by atoms with van der Waals surface area (Å²) in [7, 11) is -0.489. The number of nitrogens with zero attached hydrogens (tertiary/aromatic N) is 1. The summed E-state index contributed by atoms with van der Waals surface area (Å²) in [5.74, 6) is 0.559. The smallest absolute Gasteiger partial charge is 0.251 e. The highest BCUT2D eigenvalue weighted by molar-refractivity contribution is 7.89. The Morgan fingerprint density at radius 2 is 1.69 bits per heavy atom. The van der Waals surface area contributed by atoms with Crippen LogP contribution in [0, 0.1) is 0 Å². The molecule has 1 saturated heterocycles. The topological polar surface area (TPSA) is 97.0 Å². The van der Waals surface area contributed by atoms with Crippen molar-refractivity contribution in [2.24, 2.45) is 0 Å². The number of benzene rings is 2. The van der Waals surface area contributed by atoms with Gasteiger partial charge in [0.15, 0.2) is 0 Å². The first-order valence-corrected chi connectivity index (χ1v) is 12.2. The molecular formula is C23H31N3O5S. The number of ether oxygens (including phenoxy) is 2. The lowest BCUT2D eigenvalue weighted by molar-refractivity contribution is 0.0937. The number of nitrogens with one attached hydrogen (secondary N) is 2. The lowest BCUT2D eigenvalue weighted by Gasteiger charge is -2.28. The summed E-state index contributed by atoms with van der Waals surface area (Å²) < 4.78 is 37.1. The molecular weight excluding hydrogens is 430 g/mol. The van der Waals surface area contributed by atoms with E-state index in [1.807, 2.05) is 24.3 Å². The molecule has 1 atom stereocenters. The molecule has 9 heteroatoms. The zero-order chi connectivity index (χ0) is 23.0. The van der Waals surface area contributed by atoms with Crippen LogP contribution in [0.15, 0.2) is 53.4 Å². The molecule has 0 aromatic heterocycles. The molecule has 0 radical (unpaired) electrons. The summed E-state index contributed by atoms with van der Waals surface area (Å²) in [6.45, 7) is 2.92. The normalized spacial score (nSPS) is 15.4. The highest BCUT2D eigenvalue weighted by Crippen LogP contribution is 2.26. The Labute approximate surface area is 190 Å². The van der Waals surface area contributed by atoms with Crippen LogP contribution in [0.1, 0.15) is 34.8 Å². The molecule has 1 aliphatic heterocycles. The second kappa shape index (κ2) is 11.4. The molecule has 2 aromatic carbocycles. The van der Waals surface area contributed by atoms with E-state index in [1.54, 1.807) is 7.11 Å². The Hall–Kier alpha value is -2.46. The quantitative estimate of drug-likeness (QED) is 0.498. The predicted molar refractivity (Wildman–Crippen MR) is 122 cm³/mol. The number of carbonyl (C=O) groups excluding carboxylic acids is 1. The number of likely N-dealkylation sites (tertiary alicyclic amines) is 1. The lowest BCUT2D eigenvalue weighted by atomic mass is 10.0. The third-order valence-electron chi connectivity index (χ3n) is 5.56. The fraction of sp³-hybridized carbons (Fsp3) is 0.435. The summed E-state index contributed by atoms with van der Waals surface area (Å²) in [5, 5.41) is 3.01. The van der Waals surface area contributed by atoms with Crippen LogP contribution in [-0.4, -0.2) is 66.2 Å². The molecule has 1 heterocycles. The van der Waals surface area contributed by atoms with Crippen molar-refractivity contribution in [2.75, 3.05) is 47.0 Å². The zero-order valence-electron chi connectivity index (χ0n) is 18.5. The number of hydrogen-bond donors (Lipinski definition) is 2. The highest BCUT2D eigenvalue weighted by Gasteiger charge is 2.24. The molecule has 0 bridgehead atoms. The number of hydrogen-bond acceptors (Lipinski definition) is 6. The Kier molecular flexibility index (Phi) is 8.63. The van der Waals surface area contributed by atoms with E-state index in [0.717, 1.165) is 37.2 Å². The van der Waals surface area contributed by atoms with Gasteiger partial charge >= 0.3 is 0 Å². The van der Waals surface area contributed by atoms with Crippen molar-refractivity contribution < 1.29 is 22.7 Å². The van der Waals surface area contributed by atoms with Gasteiger partial charge in [0.2, 0.25) is 10.0 Å². The molecule has 3 rings (SSSR count). The minimum absolute atomic E-state index is 0.0667. The largest absolute Gasteiger partial charge is 0.497 e. The molecule has 2 N–H and O–H groups in total. The molecule has 1 fully saturated rings. The fourth-order valence-corrected chi connectivity index (χ4v) is 4.79. The van der Waals surface area contributed by atoms with Crippen LogP contribution in [0.25, 0.3) is 0 Å². The van der Waals surface area contributed by atoms with E-state index in [1.165, 1.54) is 31.4 Å². The van der Waals surface area contributed by atoms with E-state index in [4.69, 9.17) is 9.47 Å². The highest BCUT2D eigenvalue weighted by atomic mass is 32.2. The molecule has 1 aliphatic rings. The minimum Gasteiger partial charge on any atom is -0.497 e. The van der Waals surface area contributed by atoms with Crippen molar-refractivity contribution >= 4 is 15.9 Å². The van der Waals surface area contributed by atoms with Gasteiger partial charge in [0.25, 0.3) is 5.91 Å². The van der Waals surface area contributed by atoms with Crippen molar-refractivity contribution in [2.45, 2.75) is 23.8 Å². The Morgan fingerprint density at radius 3 is 2.28 bits per heavy atom. The second-order valence-corrected chi connectivity index (χ2v) is 9.42. The molecule has 2 aromatic rings. The molecule has 0 spiro atoms. The van der Waals surface area contributed by atoms with Crippen LogP contribution in [0.2, 0.25) is 0 Å². The fourth-order valence-electron chi connectivity index (χ4n) is 3.78. The van der Waals surface area contributed by atoms with E-state index in [9.17, 15) is 13.2 Å². The van der Waals surface area contributed by atoms with Crippen molar-refractivity contribution in [1.82, 2.24) is 14.9 Å². The van der Waals surface area contributed by atoms with Gasteiger partial charge < -0.3 is 14.8 Å². The van der Waals surface area contributed by atoms with E-state index in [0.29, 0.717) is 12.1 Å². The van der Waals surface area contributed by atoms with Crippen molar-refractivity contribution in [3.05, 3.63) is 59.7 Å². The van der Waals surface area contributed by atoms with Gasteiger partial charge in [-0.3, -0.25) is 9.69 Å². The number of amides is 1. The average Bonchev–Trinajstić information content (AvgIpc) is 3.34.